The second-order valence-corrected chi connectivity index (χ2v) is 8.42. The van der Waals surface area contributed by atoms with Gasteiger partial charge in [-0.05, 0) is 55.0 Å². The highest BCUT2D eigenvalue weighted by Gasteiger charge is 2.36. The van der Waals surface area contributed by atoms with E-state index in [1.165, 1.54) is 6.20 Å². The van der Waals surface area contributed by atoms with E-state index < -0.39 is 23.3 Å². The summed E-state index contributed by atoms with van der Waals surface area (Å²) in [6.07, 6.45) is 2.00. The number of carboxylic acid groups (broad SMARTS) is 1. The summed E-state index contributed by atoms with van der Waals surface area (Å²) in [6, 6.07) is 14.8. The third kappa shape index (κ3) is 5.93. The van der Waals surface area contributed by atoms with E-state index in [-0.39, 0.29) is 25.1 Å². The van der Waals surface area contributed by atoms with Crippen LogP contribution in [0.5, 0.6) is 0 Å². The van der Waals surface area contributed by atoms with Crippen LogP contribution in [-0.4, -0.2) is 50.1 Å². The highest BCUT2D eigenvalue weighted by atomic mass is 35.5. The lowest BCUT2D eigenvalue weighted by Crippen LogP contribution is -2.43. The number of hydrogen-bond acceptors (Lipinski definition) is 5. The largest absolute Gasteiger partial charge is 0.481 e. The third-order valence-corrected chi connectivity index (χ3v) is 5.69. The van der Waals surface area contributed by atoms with Crippen molar-refractivity contribution in [2.75, 3.05) is 6.61 Å². The summed E-state index contributed by atoms with van der Waals surface area (Å²) in [4.78, 5) is 24.4. The first-order chi connectivity index (χ1) is 15.3. The molecule has 168 valence electrons. The second-order valence-electron chi connectivity index (χ2n) is 7.98. The fraction of sp³-hybridized carbons (Fsp3) is 0.304. The molecule has 0 bridgehead atoms. The molecule has 2 aromatic carbocycles. The van der Waals surface area contributed by atoms with Gasteiger partial charge in [0, 0.05) is 17.7 Å². The number of carbonyl (C=O) groups is 2. The lowest BCUT2D eigenvalue weighted by Gasteiger charge is -2.29. The molecule has 0 aliphatic carbocycles. The molecule has 1 heterocycles. The van der Waals surface area contributed by atoms with Crippen LogP contribution < -0.4 is 5.32 Å². The fourth-order valence-corrected chi connectivity index (χ4v) is 3.81. The maximum Gasteiger partial charge on any atom is 0.309 e. The minimum atomic E-state index is -1.20. The van der Waals surface area contributed by atoms with Crippen LogP contribution in [0.4, 0.5) is 0 Å². The summed E-state index contributed by atoms with van der Waals surface area (Å²) in [6.45, 7) is 1.31. The molecule has 0 radical (unpaired) electrons. The number of nitrogens with one attached hydrogen (secondary N) is 2. The van der Waals surface area contributed by atoms with Gasteiger partial charge < -0.3 is 15.5 Å². The summed E-state index contributed by atoms with van der Waals surface area (Å²) in [5, 5.41) is 32.3. The summed E-state index contributed by atoms with van der Waals surface area (Å²) in [5.74, 6) is -1.47. The molecule has 1 aromatic heterocycles. The van der Waals surface area contributed by atoms with Gasteiger partial charge in [0.15, 0.2) is 5.69 Å². The lowest BCUT2D eigenvalue weighted by molar-refractivity contribution is -0.149. The number of H-pyrrole nitrogens is 1. The number of aromatic amines is 1. The summed E-state index contributed by atoms with van der Waals surface area (Å²) < 4.78 is 0. The number of carboxylic acids is 1. The van der Waals surface area contributed by atoms with Crippen LogP contribution in [0.15, 0.2) is 54.7 Å². The van der Waals surface area contributed by atoms with Crippen LogP contribution >= 0.6 is 11.6 Å². The number of rotatable bonds is 10. The molecule has 0 spiro atoms. The summed E-state index contributed by atoms with van der Waals surface area (Å²) in [7, 11) is 0. The Hall–Kier alpha value is -3.23. The number of aliphatic hydroxyl groups is 1. The molecule has 3 aromatic rings. The van der Waals surface area contributed by atoms with Gasteiger partial charge in [0.2, 0.25) is 0 Å². The topological polar surface area (TPSA) is 128 Å². The quantitative estimate of drug-likeness (QED) is 0.370. The number of hydrogen-bond donors (Lipinski definition) is 4. The molecule has 1 unspecified atom stereocenters. The first-order valence-corrected chi connectivity index (χ1v) is 10.5. The van der Waals surface area contributed by atoms with Crippen molar-refractivity contribution in [1.82, 2.24) is 20.7 Å². The number of amides is 1. The SMILES string of the molecule is CC(CCO)(C[C@@H](Cc1ccc(-c2cccc(Cl)c2)cc1)NC(=O)c1c[nH]nn1)C(=O)O. The number of aliphatic carboxylic acids is 1. The smallest absolute Gasteiger partial charge is 0.309 e. The van der Waals surface area contributed by atoms with Crippen molar-refractivity contribution >= 4 is 23.5 Å². The van der Waals surface area contributed by atoms with Crippen molar-refractivity contribution in [3.05, 3.63) is 71.0 Å². The molecule has 8 nitrogen and oxygen atoms in total. The monoisotopic (exact) mass is 456 g/mol. The second kappa shape index (κ2) is 10.4. The zero-order valence-electron chi connectivity index (χ0n) is 17.6. The Balaban J connectivity index is 1.81. The first kappa shape index (κ1) is 23.4. The number of aromatic nitrogens is 3. The number of carbonyl (C=O) groups excluding carboxylic acids is 1. The van der Waals surface area contributed by atoms with Crippen LogP contribution in [0.3, 0.4) is 0 Å². The molecule has 4 N–H and O–H groups in total. The van der Waals surface area contributed by atoms with E-state index in [9.17, 15) is 19.8 Å². The molecular weight excluding hydrogens is 432 g/mol. The maximum atomic E-state index is 12.5. The Labute approximate surface area is 190 Å². The van der Waals surface area contributed by atoms with Crippen molar-refractivity contribution in [2.24, 2.45) is 5.41 Å². The van der Waals surface area contributed by atoms with Gasteiger partial charge in [0.1, 0.15) is 0 Å². The van der Waals surface area contributed by atoms with Crippen molar-refractivity contribution in [3.63, 3.8) is 0 Å². The Kier molecular flexibility index (Phi) is 7.61. The lowest BCUT2D eigenvalue weighted by atomic mass is 9.79. The predicted molar refractivity (Wildman–Crippen MR) is 120 cm³/mol. The zero-order valence-corrected chi connectivity index (χ0v) is 18.3. The predicted octanol–water partition coefficient (Wildman–Crippen LogP) is 3.33. The van der Waals surface area contributed by atoms with E-state index in [4.69, 9.17) is 11.6 Å². The molecule has 0 saturated heterocycles. The molecular formula is C23H25ClN4O4. The Morgan fingerprint density at radius 1 is 1.19 bits per heavy atom. The minimum Gasteiger partial charge on any atom is -0.481 e. The van der Waals surface area contributed by atoms with Crippen LogP contribution in [0.1, 0.15) is 35.8 Å². The number of aliphatic hydroxyl groups excluding tert-OH is 1. The van der Waals surface area contributed by atoms with Gasteiger partial charge in [-0.3, -0.25) is 14.7 Å². The Bertz CT molecular complexity index is 1060. The van der Waals surface area contributed by atoms with Crippen molar-refractivity contribution < 1.29 is 19.8 Å². The molecule has 1 amide bonds. The standard InChI is InChI=1S/C23H25ClN4O4/c1-23(9-10-29,22(31)32)13-19(26-21(30)20-14-25-28-27-20)11-15-5-7-16(8-6-15)17-3-2-4-18(24)12-17/h2-8,12,14,19,29H,9-11,13H2,1H3,(H,26,30)(H,31,32)(H,25,27,28)/t19-,23?/m1/s1. The van der Waals surface area contributed by atoms with E-state index >= 15 is 0 Å². The normalized spacial score (nSPS) is 13.8. The van der Waals surface area contributed by atoms with Gasteiger partial charge in [-0.2, -0.15) is 0 Å². The van der Waals surface area contributed by atoms with E-state index in [0.717, 1.165) is 16.7 Å². The van der Waals surface area contributed by atoms with Gasteiger partial charge in [-0.25, -0.2) is 0 Å². The number of nitrogens with zero attached hydrogens (tertiary/aromatic N) is 2. The summed E-state index contributed by atoms with van der Waals surface area (Å²) >= 11 is 6.08. The van der Waals surface area contributed by atoms with Crippen molar-refractivity contribution in [3.8, 4) is 11.1 Å². The number of halogens is 1. The van der Waals surface area contributed by atoms with Crippen LogP contribution in [0.2, 0.25) is 5.02 Å². The van der Waals surface area contributed by atoms with E-state index in [2.05, 4.69) is 20.7 Å². The molecule has 32 heavy (non-hydrogen) atoms. The van der Waals surface area contributed by atoms with Crippen LogP contribution in [-0.2, 0) is 11.2 Å². The molecule has 0 fully saturated rings. The average molecular weight is 457 g/mol. The van der Waals surface area contributed by atoms with Crippen LogP contribution in [0, 0.1) is 5.41 Å². The molecule has 9 heteroatoms. The van der Waals surface area contributed by atoms with Gasteiger partial charge in [-0.15, -0.1) is 5.10 Å². The molecule has 0 aliphatic rings. The van der Waals surface area contributed by atoms with Gasteiger partial charge in [0.05, 0.1) is 11.6 Å². The minimum absolute atomic E-state index is 0.0758. The van der Waals surface area contributed by atoms with Crippen LogP contribution in [0.25, 0.3) is 11.1 Å². The highest BCUT2D eigenvalue weighted by Crippen LogP contribution is 2.30. The zero-order chi connectivity index (χ0) is 23.1. The Morgan fingerprint density at radius 3 is 2.53 bits per heavy atom. The fourth-order valence-electron chi connectivity index (χ4n) is 3.62. The molecule has 2 atom stereocenters. The van der Waals surface area contributed by atoms with E-state index in [1.807, 2.05) is 48.5 Å². The first-order valence-electron chi connectivity index (χ1n) is 10.2. The van der Waals surface area contributed by atoms with Gasteiger partial charge in [0.25, 0.3) is 5.91 Å². The molecule has 3 rings (SSSR count). The highest BCUT2D eigenvalue weighted by molar-refractivity contribution is 6.30. The number of benzene rings is 2. The van der Waals surface area contributed by atoms with E-state index in [0.29, 0.717) is 11.4 Å². The van der Waals surface area contributed by atoms with Crippen molar-refractivity contribution in [2.45, 2.75) is 32.2 Å². The maximum absolute atomic E-state index is 12.5. The Morgan fingerprint density at radius 2 is 1.94 bits per heavy atom. The summed E-state index contributed by atoms with van der Waals surface area (Å²) in [5.41, 5.74) is 1.83. The van der Waals surface area contributed by atoms with Crippen molar-refractivity contribution in [1.29, 1.82) is 0 Å². The van der Waals surface area contributed by atoms with E-state index in [1.54, 1.807) is 6.92 Å². The molecule has 0 saturated carbocycles. The third-order valence-electron chi connectivity index (χ3n) is 5.46. The van der Waals surface area contributed by atoms with Gasteiger partial charge in [-0.1, -0.05) is 53.2 Å². The van der Waals surface area contributed by atoms with Gasteiger partial charge >= 0.3 is 5.97 Å². The average Bonchev–Trinajstić information content (AvgIpc) is 3.29. The molecule has 0 aliphatic heterocycles.